The summed E-state index contributed by atoms with van der Waals surface area (Å²) in [6.07, 6.45) is 0. The maximum absolute atomic E-state index is 3.51. The molecule has 0 saturated heterocycles. The van der Waals surface area contributed by atoms with Crippen molar-refractivity contribution in [2.75, 3.05) is 12.8 Å². The third kappa shape index (κ3) is 4.37. The third-order valence-corrected chi connectivity index (χ3v) is 4.62. The molecule has 0 aliphatic carbocycles. The predicted octanol–water partition coefficient (Wildman–Crippen LogP) is 4.81. The van der Waals surface area contributed by atoms with Gasteiger partial charge in [-0.25, -0.2) is 0 Å². The van der Waals surface area contributed by atoms with Crippen LogP contribution in [0.5, 0.6) is 0 Å². The fourth-order valence-electron chi connectivity index (χ4n) is 1.88. The molecule has 0 heterocycles. The lowest BCUT2D eigenvalue weighted by atomic mass is 10.1. The summed E-state index contributed by atoms with van der Waals surface area (Å²) in [5.41, 5.74) is 2.65. The summed E-state index contributed by atoms with van der Waals surface area (Å²) in [5, 5.41) is 3.39. The monoisotopic (exact) mass is 335 g/mol. The summed E-state index contributed by atoms with van der Waals surface area (Å²) >= 11 is 5.38. The Morgan fingerprint density at radius 2 is 1.89 bits per heavy atom. The second-order valence-corrected chi connectivity index (χ2v) is 6.53. The van der Waals surface area contributed by atoms with Crippen molar-refractivity contribution >= 4 is 27.7 Å². The van der Waals surface area contributed by atoms with Crippen LogP contribution < -0.4 is 5.32 Å². The van der Waals surface area contributed by atoms with Crippen molar-refractivity contribution in [3.05, 3.63) is 64.1 Å². The van der Waals surface area contributed by atoms with E-state index in [0.717, 1.165) is 10.2 Å². The highest BCUT2D eigenvalue weighted by Crippen LogP contribution is 2.26. The van der Waals surface area contributed by atoms with Crippen molar-refractivity contribution in [2.24, 2.45) is 0 Å². The quantitative estimate of drug-likeness (QED) is 0.787. The fraction of sp³-hybridized carbons (Fsp3) is 0.250. The van der Waals surface area contributed by atoms with E-state index < -0.39 is 0 Å². The van der Waals surface area contributed by atoms with Gasteiger partial charge in [0.1, 0.15) is 0 Å². The lowest BCUT2D eigenvalue weighted by molar-refractivity contribution is 0.661. The summed E-state index contributed by atoms with van der Waals surface area (Å²) in [7, 11) is 2.02. The molecule has 0 aliphatic heterocycles. The standard InChI is InChI=1S/C16H18BrNS/c1-12-6-8-13(9-7-12)16(18-2)11-19-15-5-3-4-14(17)10-15/h3-10,16,18H,11H2,1-2H3. The molecule has 0 bridgehead atoms. The fourth-order valence-corrected chi connectivity index (χ4v) is 3.54. The van der Waals surface area contributed by atoms with E-state index in [1.54, 1.807) is 0 Å². The molecule has 0 fully saturated rings. The lowest BCUT2D eigenvalue weighted by Crippen LogP contribution is -2.18. The van der Waals surface area contributed by atoms with Gasteiger partial charge in [0.2, 0.25) is 0 Å². The van der Waals surface area contributed by atoms with Crippen molar-refractivity contribution < 1.29 is 0 Å². The largest absolute Gasteiger partial charge is 0.312 e. The molecule has 0 saturated carbocycles. The molecule has 1 nitrogen and oxygen atoms in total. The highest BCUT2D eigenvalue weighted by Gasteiger charge is 2.09. The third-order valence-electron chi connectivity index (χ3n) is 3.04. The summed E-state index contributed by atoms with van der Waals surface area (Å²) in [4.78, 5) is 1.29. The Morgan fingerprint density at radius 1 is 1.16 bits per heavy atom. The van der Waals surface area contributed by atoms with Gasteiger partial charge in [-0.15, -0.1) is 11.8 Å². The first kappa shape index (κ1) is 14.6. The highest BCUT2D eigenvalue weighted by atomic mass is 79.9. The van der Waals surface area contributed by atoms with Gasteiger partial charge in [0.15, 0.2) is 0 Å². The van der Waals surface area contributed by atoms with Gasteiger partial charge in [0.25, 0.3) is 0 Å². The zero-order valence-electron chi connectivity index (χ0n) is 11.2. The number of hydrogen-bond acceptors (Lipinski definition) is 2. The molecule has 2 aromatic carbocycles. The first-order valence-electron chi connectivity index (χ1n) is 6.31. The van der Waals surface area contributed by atoms with Crippen LogP contribution in [0.3, 0.4) is 0 Å². The van der Waals surface area contributed by atoms with Crippen LogP contribution >= 0.6 is 27.7 Å². The zero-order chi connectivity index (χ0) is 13.7. The lowest BCUT2D eigenvalue weighted by Gasteiger charge is -2.16. The molecular weight excluding hydrogens is 318 g/mol. The van der Waals surface area contributed by atoms with Crippen molar-refractivity contribution in [2.45, 2.75) is 17.9 Å². The second-order valence-electron chi connectivity index (χ2n) is 4.52. The second kappa shape index (κ2) is 7.13. The predicted molar refractivity (Wildman–Crippen MR) is 87.8 cm³/mol. The number of thioether (sulfide) groups is 1. The number of hydrogen-bond donors (Lipinski definition) is 1. The number of rotatable bonds is 5. The smallest absolute Gasteiger partial charge is 0.0412 e. The van der Waals surface area contributed by atoms with Crippen LogP contribution in [-0.4, -0.2) is 12.8 Å². The number of halogens is 1. The molecule has 19 heavy (non-hydrogen) atoms. The first-order chi connectivity index (χ1) is 9.19. The van der Waals surface area contributed by atoms with E-state index in [9.17, 15) is 0 Å². The maximum atomic E-state index is 3.51. The molecule has 0 amide bonds. The van der Waals surface area contributed by atoms with Gasteiger partial charge < -0.3 is 5.32 Å². The molecule has 1 N–H and O–H groups in total. The molecule has 3 heteroatoms. The van der Waals surface area contributed by atoms with E-state index in [2.05, 4.69) is 76.7 Å². The van der Waals surface area contributed by atoms with Crippen LogP contribution in [0.15, 0.2) is 57.9 Å². The number of aryl methyl sites for hydroxylation is 1. The van der Waals surface area contributed by atoms with Gasteiger partial charge in [-0.1, -0.05) is 51.8 Å². The van der Waals surface area contributed by atoms with Gasteiger partial charge in [-0.05, 0) is 37.7 Å². The molecule has 2 rings (SSSR count). The van der Waals surface area contributed by atoms with Crippen molar-refractivity contribution in [3.8, 4) is 0 Å². The topological polar surface area (TPSA) is 12.0 Å². The van der Waals surface area contributed by atoms with E-state index >= 15 is 0 Å². The SMILES string of the molecule is CNC(CSc1cccc(Br)c1)c1ccc(C)cc1. The Morgan fingerprint density at radius 3 is 2.53 bits per heavy atom. The normalized spacial score (nSPS) is 12.4. The van der Waals surface area contributed by atoms with Crippen LogP contribution in [0.2, 0.25) is 0 Å². The Bertz CT molecular complexity index is 525. The molecule has 1 atom stereocenters. The Balaban J connectivity index is 2.01. The average Bonchev–Trinajstić information content (AvgIpc) is 2.41. The van der Waals surface area contributed by atoms with Crippen LogP contribution in [0.4, 0.5) is 0 Å². The van der Waals surface area contributed by atoms with Gasteiger partial charge in [0, 0.05) is 21.2 Å². The van der Waals surface area contributed by atoms with E-state index in [4.69, 9.17) is 0 Å². The molecule has 1 unspecified atom stereocenters. The van der Waals surface area contributed by atoms with E-state index in [0.29, 0.717) is 6.04 Å². The minimum Gasteiger partial charge on any atom is -0.312 e. The summed E-state index contributed by atoms with van der Waals surface area (Å²) in [6.45, 7) is 2.12. The molecule has 0 aliphatic rings. The van der Waals surface area contributed by atoms with Crippen LogP contribution in [-0.2, 0) is 0 Å². The highest BCUT2D eigenvalue weighted by molar-refractivity contribution is 9.10. The summed E-state index contributed by atoms with van der Waals surface area (Å²) in [5.74, 6) is 1.02. The van der Waals surface area contributed by atoms with Gasteiger partial charge in [-0.3, -0.25) is 0 Å². The van der Waals surface area contributed by atoms with Gasteiger partial charge in [-0.2, -0.15) is 0 Å². The molecule has 100 valence electrons. The van der Waals surface area contributed by atoms with Crippen LogP contribution in [0.1, 0.15) is 17.2 Å². The van der Waals surface area contributed by atoms with E-state index in [-0.39, 0.29) is 0 Å². The summed E-state index contributed by atoms with van der Waals surface area (Å²) < 4.78 is 1.13. The molecule has 0 spiro atoms. The minimum atomic E-state index is 0.379. The van der Waals surface area contributed by atoms with Crippen LogP contribution in [0.25, 0.3) is 0 Å². The summed E-state index contributed by atoms with van der Waals surface area (Å²) in [6, 6.07) is 17.6. The number of benzene rings is 2. The molecule has 0 aromatic heterocycles. The van der Waals surface area contributed by atoms with Crippen LogP contribution in [0, 0.1) is 6.92 Å². The van der Waals surface area contributed by atoms with Gasteiger partial charge in [0.05, 0.1) is 0 Å². The van der Waals surface area contributed by atoms with E-state index in [1.807, 2.05) is 18.8 Å². The average molecular weight is 336 g/mol. The first-order valence-corrected chi connectivity index (χ1v) is 8.09. The van der Waals surface area contributed by atoms with Crippen molar-refractivity contribution in [1.82, 2.24) is 5.32 Å². The zero-order valence-corrected chi connectivity index (χ0v) is 13.6. The van der Waals surface area contributed by atoms with Gasteiger partial charge >= 0.3 is 0 Å². The Labute approximate surface area is 127 Å². The molecule has 0 radical (unpaired) electrons. The van der Waals surface area contributed by atoms with Crippen molar-refractivity contribution in [1.29, 1.82) is 0 Å². The maximum Gasteiger partial charge on any atom is 0.0412 e. The van der Waals surface area contributed by atoms with Crippen molar-refractivity contribution in [3.63, 3.8) is 0 Å². The van der Waals surface area contributed by atoms with E-state index in [1.165, 1.54) is 16.0 Å². The molecular formula is C16H18BrNS. The number of nitrogens with one attached hydrogen (secondary N) is 1. The Kier molecular flexibility index (Phi) is 5.49. The minimum absolute atomic E-state index is 0.379. The molecule has 2 aromatic rings. The Hall–Kier alpha value is -0.770.